The number of nitrogens with one attached hydrogen (secondary N) is 1. The average Bonchev–Trinajstić information content (AvgIpc) is 2.89. The fourth-order valence-corrected chi connectivity index (χ4v) is 3.06. The topological polar surface area (TPSA) is 15.3 Å². The molecule has 20 heavy (non-hydrogen) atoms. The summed E-state index contributed by atoms with van der Waals surface area (Å²) in [5.74, 6) is -1.57. The molecule has 4 heteroatoms. The zero-order valence-electron chi connectivity index (χ0n) is 12.5. The average molecular weight is 282 g/mol. The van der Waals surface area contributed by atoms with Gasteiger partial charge in [0.05, 0.1) is 0 Å². The van der Waals surface area contributed by atoms with E-state index in [9.17, 15) is 8.78 Å². The van der Waals surface area contributed by atoms with E-state index >= 15 is 0 Å². The Balaban J connectivity index is 2.00. The molecule has 2 nitrogen and oxygen atoms in total. The van der Waals surface area contributed by atoms with Crippen LogP contribution >= 0.6 is 0 Å². The van der Waals surface area contributed by atoms with Crippen LogP contribution in [0.5, 0.6) is 0 Å². The van der Waals surface area contributed by atoms with Crippen molar-refractivity contribution in [1.82, 2.24) is 10.2 Å². The van der Waals surface area contributed by atoms with E-state index in [0.29, 0.717) is 0 Å². The van der Waals surface area contributed by atoms with E-state index in [4.69, 9.17) is 0 Å². The molecule has 2 rings (SSSR count). The second-order valence-electron chi connectivity index (χ2n) is 6.10. The van der Waals surface area contributed by atoms with Crippen LogP contribution in [0.25, 0.3) is 0 Å². The van der Waals surface area contributed by atoms with Crippen molar-refractivity contribution in [1.29, 1.82) is 0 Å². The lowest BCUT2D eigenvalue weighted by Gasteiger charge is -2.37. The van der Waals surface area contributed by atoms with Crippen molar-refractivity contribution in [3.63, 3.8) is 0 Å². The standard InChI is InChI=1S/C16H24F2N2/c1-12(13-6-7-14(17)15(18)10-13)19-11-16(20(2)3)8-4-5-9-16/h6-7,10,12,19H,4-5,8-9,11H2,1-3H3. The van der Waals surface area contributed by atoms with Gasteiger partial charge in [-0.15, -0.1) is 0 Å². The van der Waals surface area contributed by atoms with Crippen LogP contribution in [0.1, 0.15) is 44.2 Å². The molecule has 112 valence electrons. The van der Waals surface area contributed by atoms with Crippen LogP contribution in [0.2, 0.25) is 0 Å². The van der Waals surface area contributed by atoms with Crippen molar-refractivity contribution in [2.45, 2.75) is 44.2 Å². The lowest BCUT2D eigenvalue weighted by Crippen LogP contribution is -2.50. The molecule has 0 spiro atoms. The van der Waals surface area contributed by atoms with Crippen LogP contribution in [0.3, 0.4) is 0 Å². The zero-order valence-corrected chi connectivity index (χ0v) is 12.5. The SMILES string of the molecule is CC(NCC1(N(C)C)CCCC1)c1ccc(F)c(F)c1. The Labute approximate surface area is 120 Å². The molecule has 0 saturated heterocycles. The van der Waals surface area contributed by atoms with Gasteiger partial charge in [0.25, 0.3) is 0 Å². The molecule has 1 aliphatic carbocycles. The smallest absolute Gasteiger partial charge is 0.159 e. The van der Waals surface area contributed by atoms with Gasteiger partial charge in [0.2, 0.25) is 0 Å². The summed E-state index contributed by atoms with van der Waals surface area (Å²) < 4.78 is 26.2. The van der Waals surface area contributed by atoms with Crippen molar-refractivity contribution < 1.29 is 8.78 Å². The first-order valence-electron chi connectivity index (χ1n) is 7.30. The van der Waals surface area contributed by atoms with Crippen LogP contribution in [0.15, 0.2) is 18.2 Å². The second kappa shape index (κ2) is 6.19. The van der Waals surface area contributed by atoms with Crippen LogP contribution in [0.4, 0.5) is 8.78 Å². The third-order valence-corrected chi connectivity index (χ3v) is 4.66. The number of likely N-dealkylation sites (N-methyl/N-ethyl adjacent to an activating group) is 1. The molecule has 1 saturated carbocycles. The van der Waals surface area contributed by atoms with Crippen LogP contribution in [-0.4, -0.2) is 31.1 Å². The van der Waals surface area contributed by atoms with Gasteiger partial charge in [-0.05, 0) is 51.6 Å². The van der Waals surface area contributed by atoms with E-state index in [0.717, 1.165) is 12.1 Å². The van der Waals surface area contributed by atoms with Gasteiger partial charge in [0.15, 0.2) is 11.6 Å². The zero-order chi connectivity index (χ0) is 14.8. The molecule has 0 radical (unpaired) electrons. The predicted molar refractivity (Wildman–Crippen MR) is 77.7 cm³/mol. The van der Waals surface area contributed by atoms with Crippen LogP contribution in [0, 0.1) is 11.6 Å². The molecule has 1 aromatic carbocycles. The number of hydrogen-bond acceptors (Lipinski definition) is 2. The Bertz CT molecular complexity index is 454. The van der Waals surface area contributed by atoms with Gasteiger partial charge < -0.3 is 10.2 Å². The Morgan fingerprint density at radius 1 is 1.20 bits per heavy atom. The van der Waals surface area contributed by atoms with Gasteiger partial charge in [-0.3, -0.25) is 0 Å². The van der Waals surface area contributed by atoms with E-state index in [2.05, 4.69) is 24.3 Å². The van der Waals surface area contributed by atoms with Crippen molar-refractivity contribution in [2.24, 2.45) is 0 Å². The lowest BCUT2D eigenvalue weighted by atomic mass is 9.95. The predicted octanol–water partition coefficient (Wildman–Crippen LogP) is 3.49. The molecule has 0 aromatic heterocycles. The van der Waals surface area contributed by atoms with E-state index in [1.54, 1.807) is 6.07 Å². The lowest BCUT2D eigenvalue weighted by molar-refractivity contribution is 0.150. The minimum atomic E-state index is -0.790. The fourth-order valence-electron chi connectivity index (χ4n) is 3.06. The van der Waals surface area contributed by atoms with Gasteiger partial charge >= 0.3 is 0 Å². The minimum absolute atomic E-state index is 0.0162. The summed E-state index contributed by atoms with van der Waals surface area (Å²) in [7, 11) is 4.24. The molecule has 1 unspecified atom stereocenters. The van der Waals surface area contributed by atoms with Gasteiger partial charge in [-0.1, -0.05) is 18.9 Å². The molecule has 1 fully saturated rings. The highest BCUT2D eigenvalue weighted by Crippen LogP contribution is 2.33. The molecule has 1 aromatic rings. The second-order valence-corrected chi connectivity index (χ2v) is 6.10. The van der Waals surface area contributed by atoms with Crippen molar-refractivity contribution in [3.05, 3.63) is 35.4 Å². The van der Waals surface area contributed by atoms with Crippen molar-refractivity contribution in [2.75, 3.05) is 20.6 Å². The molecule has 0 amide bonds. The van der Waals surface area contributed by atoms with Gasteiger partial charge in [-0.2, -0.15) is 0 Å². The quantitative estimate of drug-likeness (QED) is 0.889. The van der Waals surface area contributed by atoms with Crippen molar-refractivity contribution in [3.8, 4) is 0 Å². The Kier molecular flexibility index (Phi) is 4.76. The van der Waals surface area contributed by atoms with E-state index < -0.39 is 11.6 Å². The first-order valence-corrected chi connectivity index (χ1v) is 7.30. The van der Waals surface area contributed by atoms with Crippen LogP contribution < -0.4 is 5.32 Å². The maximum absolute atomic E-state index is 13.3. The summed E-state index contributed by atoms with van der Waals surface area (Å²) in [5.41, 5.74) is 0.989. The highest BCUT2D eigenvalue weighted by Gasteiger charge is 2.35. The summed E-state index contributed by atoms with van der Waals surface area (Å²) in [6.07, 6.45) is 4.91. The monoisotopic (exact) mass is 282 g/mol. The molecule has 1 aliphatic rings. The molecular weight excluding hydrogens is 258 g/mol. The third kappa shape index (κ3) is 3.18. The van der Waals surface area contributed by atoms with Crippen molar-refractivity contribution >= 4 is 0 Å². The maximum Gasteiger partial charge on any atom is 0.159 e. The number of nitrogens with zero attached hydrogens (tertiary/aromatic N) is 1. The highest BCUT2D eigenvalue weighted by atomic mass is 19.2. The number of hydrogen-bond donors (Lipinski definition) is 1. The van der Waals surface area contributed by atoms with Gasteiger partial charge in [-0.25, -0.2) is 8.78 Å². The first-order chi connectivity index (χ1) is 9.44. The Hall–Kier alpha value is -1.00. The highest BCUT2D eigenvalue weighted by molar-refractivity contribution is 5.21. The number of benzene rings is 1. The molecule has 1 N–H and O–H groups in total. The largest absolute Gasteiger partial charge is 0.308 e. The molecule has 0 heterocycles. The number of halogens is 2. The first kappa shape index (κ1) is 15.4. The van der Waals surface area contributed by atoms with E-state index in [1.807, 2.05) is 6.92 Å². The van der Waals surface area contributed by atoms with E-state index in [-0.39, 0.29) is 11.6 Å². The van der Waals surface area contributed by atoms with Gasteiger partial charge in [0.1, 0.15) is 0 Å². The summed E-state index contributed by atoms with van der Waals surface area (Å²) in [4.78, 5) is 2.30. The number of rotatable bonds is 5. The summed E-state index contributed by atoms with van der Waals surface area (Å²) in [6.45, 7) is 2.87. The molecule has 0 bridgehead atoms. The summed E-state index contributed by atoms with van der Waals surface area (Å²) in [6, 6.07) is 4.14. The third-order valence-electron chi connectivity index (χ3n) is 4.66. The normalized spacial score (nSPS) is 19.5. The van der Waals surface area contributed by atoms with Gasteiger partial charge in [0, 0.05) is 18.1 Å². The Morgan fingerprint density at radius 3 is 2.40 bits per heavy atom. The summed E-state index contributed by atoms with van der Waals surface area (Å²) >= 11 is 0. The molecule has 0 aliphatic heterocycles. The van der Waals surface area contributed by atoms with Crippen LogP contribution in [-0.2, 0) is 0 Å². The Morgan fingerprint density at radius 2 is 1.85 bits per heavy atom. The van der Waals surface area contributed by atoms with E-state index in [1.165, 1.54) is 37.8 Å². The molecule has 1 atom stereocenters. The summed E-state index contributed by atoms with van der Waals surface area (Å²) in [5, 5.41) is 3.48. The maximum atomic E-state index is 13.3. The fraction of sp³-hybridized carbons (Fsp3) is 0.625. The molecular formula is C16H24F2N2. The minimum Gasteiger partial charge on any atom is -0.308 e.